The minimum absolute atomic E-state index is 0.0734. The molecule has 0 aliphatic carbocycles. The summed E-state index contributed by atoms with van der Waals surface area (Å²) < 4.78 is 7.11. The quantitative estimate of drug-likeness (QED) is 0.828. The molecular weight excluding hydrogens is 308 g/mol. The second-order valence-electron chi connectivity index (χ2n) is 5.38. The second-order valence-corrected chi connectivity index (χ2v) is 5.38. The van der Waals surface area contributed by atoms with Crippen molar-refractivity contribution in [2.45, 2.75) is 13.5 Å². The summed E-state index contributed by atoms with van der Waals surface area (Å²) in [6.45, 7) is 2.69. The minimum atomic E-state index is -0.331. The largest absolute Gasteiger partial charge is 0.493 e. The molecule has 1 N–H and O–H groups in total. The average Bonchev–Trinajstić information content (AvgIpc) is 2.98. The van der Waals surface area contributed by atoms with E-state index in [2.05, 4.69) is 10.4 Å². The first-order valence-electron chi connectivity index (χ1n) is 7.72. The van der Waals surface area contributed by atoms with Crippen LogP contribution in [0.25, 0.3) is 0 Å². The van der Waals surface area contributed by atoms with Gasteiger partial charge in [0, 0.05) is 32.4 Å². The summed E-state index contributed by atoms with van der Waals surface area (Å²) in [7, 11) is 3.51. The Morgan fingerprint density at radius 1 is 1.33 bits per heavy atom. The highest BCUT2D eigenvalue weighted by molar-refractivity contribution is 5.98. The van der Waals surface area contributed by atoms with Gasteiger partial charge >= 0.3 is 0 Å². The maximum Gasteiger partial charge on any atom is 0.255 e. The van der Waals surface area contributed by atoms with Gasteiger partial charge in [-0.05, 0) is 19.1 Å². The first kappa shape index (κ1) is 17.5. The molecule has 7 nitrogen and oxygen atoms in total. The maximum absolute atomic E-state index is 12.3. The van der Waals surface area contributed by atoms with Crippen molar-refractivity contribution in [3.63, 3.8) is 0 Å². The van der Waals surface area contributed by atoms with E-state index < -0.39 is 0 Å². The number of hydrogen-bond donors (Lipinski definition) is 1. The molecule has 0 aliphatic rings. The molecule has 0 unspecified atom stereocenters. The van der Waals surface area contributed by atoms with E-state index in [0.717, 1.165) is 5.56 Å². The second kappa shape index (κ2) is 8.14. The predicted molar refractivity (Wildman–Crippen MR) is 89.6 cm³/mol. The number of para-hydroxylation sites is 1. The third kappa shape index (κ3) is 4.58. The highest BCUT2D eigenvalue weighted by Crippen LogP contribution is 2.17. The first-order valence-corrected chi connectivity index (χ1v) is 7.72. The van der Waals surface area contributed by atoms with Crippen molar-refractivity contribution in [2.75, 3.05) is 20.2 Å². The maximum atomic E-state index is 12.3. The molecule has 24 heavy (non-hydrogen) atoms. The smallest absolute Gasteiger partial charge is 0.255 e. The van der Waals surface area contributed by atoms with Gasteiger partial charge in [0.05, 0.1) is 24.9 Å². The molecule has 0 saturated heterocycles. The molecule has 0 spiro atoms. The first-order chi connectivity index (χ1) is 11.5. The van der Waals surface area contributed by atoms with Crippen molar-refractivity contribution in [2.24, 2.45) is 7.05 Å². The number of carbonyl (C=O) groups excluding carboxylic acids is 2. The molecule has 1 aromatic heterocycles. The molecule has 0 bridgehead atoms. The molecule has 128 valence electrons. The van der Waals surface area contributed by atoms with Gasteiger partial charge in [-0.15, -0.1) is 0 Å². The third-order valence-electron chi connectivity index (χ3n) is 3.44. The number of nitrogens with one attached hydrogen (secondary N) is 1. The van der Waals surface area contributed by atoms with Gasteiger partial charge in [0.2, 0.25) is 5.91 Å². The van der Waals surface area contributed by atoms with Gasteiger partial charge in [0.1, 0.15) is 5.75 Å². The summed E-state index contributed by atoms with van der Waals surface area (Å²) in [4.78, 5) is 26.0. The van der Waals surface area contributed by atoms with Crippen LogP contribution in [0, 0.1) is 0 Å². The monoisotopic (exact) mass is 330 g/mol. The number of benzene rings is 1. The van der Waals surface area contributed by atoms with Crippen molar-refractivity contribution in [1.29, 1.82) is 0 Å². The van der Waals surface area contributed by atoms with E-state index in [1.165, 1.54) is 0 Å². The molecule has 0 fully saturated rings. The number of likely N-dealkylation sites (N-methyl/N-ethyl adjacent to an activating group) is 1. The number of ether oxygens (including phenoxy) is 1. The Morgan fingerprint density at radius 3 is 2.75 bits per heavy atom. The van der Waals surface area contributed by atoms with Crippen LogP contribution in [0.5, 0.6) is 5.75 Å². The molecule has 1 aromatic carbocycles. The molecule has 7 heteroatoms. The lowest BCUT2D eigenvalue weighted by Gasteiger charge is -2.17. The Balaban J connectivity index is 1.90. The molecule has 0 aliphatic heterocycles. The zero-order valence-corrected chi connectivity index (χ0v) is 14.2. The molecule has 2 rings (SSSR count). The molecular formula is C17H22N4O3. The molecule has 2 aromatic rings. The molecule has 0 saturated carbocycles. The van der Waals surface area contributed by atoms with Crippen LogP contribution < -0.4 is 10.1 Å². The number of amides is 2. The van der Waals surface area contributed by atoms with E-state index in [1.54, 1.807) is 47.1 Å². The fourth-order valence-electron chi connectivity index (χ4n) is 2.24. The van der Waals surface area contributed by atoms with Crippen molar-refractivity contribution < 1.29 is 14.3 Å². The Bertz CT molecular complexity index is 711. The number of aromatic nitrogens is 2. The summed E-state index contributed by atoms with van der Waals surface area (Å²) in [5.74, 6) is -0.00284. The zero-order chi connectivity index (χ0) is 17.5. The lowest BCUT2D eigenvalue weighted by Crippen LogP contribution is -2.37. The summed E-state index contributed by atoms with van der Waals surface area (Å²) in [5.41, 5.74) is 1.35. The highest BCUT2D eigenvalue weighted by Gasteiger charge is 2.15. The number of aryl methyl sites for hydroxylation is 1. The average molecular weight is 330 g/mol. The molecule has 2 amide bonds. The van der Waals surface area contributed by atoms with Gasteiger partial charge in [0.25, 0.3) is 5.91 Å². The van der Waals surface area contributed by atoms with Crippen LogP contribution in [0.4, 0.5) is 0 Å². The Morgan fingerprint density at radius 2 is 2.08 bits per heavy atom. The topological polar surface area (TPSA) is 76.5 Å². The zero-order valence-electron chi connectivity index (χ0n) is 14.2. The van der Waals surface area contributed by atoms with Crippen molar-refractivity contribution in [1.82, 2.24) is 20.0 Å². The van der Waals surface area contributed by atoms with Gasteiger partial charge in [-0.1, -0.05) is 12.1 Å². The fraction of sp³-hybridized carbons (Fsp3) is 0.353. The number of rotatable bonds is 7. The van der Waals surface area contributed by atoms with Crippen molar-refractivity contribution in [3.8, 4) is 5.75 Å². The Kier molecular flexibility index (Phi) is 5.95. The van der Waals surface area contributed by atoms with Gasteiger partial charge in [-0.2, -0.15) is 5.10 Å². The van der Waals surface area contributed by atoms with E-state index in [1.807, 2.05) is 20.2 Å². The van der Waals surface area contributed by atoms with E-state index in [4.69, 9.17) is 4.74 Å². The SMILES string of the molecule is CCOc1ccccc1C(=O)NCC(=O)N(C)Cc1cnn(C)c1. The summed E-state index contributed by atoms with van der Waals surface area (Å²) in [6.07, 6.45) is 3.56. The van der Waals surface area contributed by atoms with Crippen LogP contribution in [0.3, 0.4) is 0 Å². The molecule has 0 radical (unpaired) electrons. The summed E-state index contributed by atoms with van der Waals surface area (Å²) in [5, 5.41) is 6.70. The van der Waals surface area contributed by atoms with Gasteiger partial charge < -0.3 is 15.0 Å². The fourth-order valence-corrected chi connectivity index (χ4v) is 2.24. The van der Waals surface area contributed by atoms with Crippen molar-refractivity contribution in [3.05, 3.63) is 47.8 Å². The van der Waals surface area contributed by atoms with E-state index in [9.17, 15) is 9.59 Å². The number of carbonyl (C=O) groups is 2. The van der Waals surface area contributed by atoms with E-state index in [0.29, 0.717) is 24.5 Å². The lowest BCUT2D eigenvalue weighted by atomic mass is 10.2. The van der Waals surface area contributed by atoms with Crippen LogP contribution in [0.2, 0.25) is 0 Å². The molecule has 1 heterocycles. The van der Waals surface area contributed by atoms with Gasteiger partial charge in [-0.25, -0.2) is 0 Å². The Labute approximate surface area is 141 Å². The van der Waals surface area contributed by atoms with E-state index >= 15 is 0 Å². The number of nitrogens with zero attached hydrogens (tertiary/aromatic N) is 3. The highest BCUT2D eigenvalue weighted by atomic mass is 16.5. The lowest BCUT2D eigenvalue weighted by molar-refractivity contribution is -0.129. The standard InChI is InChI=1S/C17H22N4O3/c1-4-24-15-8-6-5-7-14(15)17(23)18-10-16(22)20(2)11-13-9-19-21(3)12-13/h5-9,12H,4,10-11H2,1-3H3,(H,18,23). The van der Waals surface area contributed by atoms with Crippen LogP contribution in [-0.4, -0.2) is 46.7 Å². The molecule has 0 atom stereocenters. The summed E-state index contributed by atoms with van der Waals surface area (Å²) in [6, 6.07) is 6.96. The van der Waals surface area contributed by atoms with Crippen LogP contribution in [-0.2, 0) is 18.4 Å². The third-order valence-corrected chi connectivity index (χ3v) is 3.44. The summed E-state index contributed by atoms with van der Waals surface area (Å²) >= 11 is 0. The predicted octanol–water partition coefficient (Wildman–Crippen LogP) is 1.21. The Hall–Kier alpha value is -2.83. The van der Waals surface area contributed by atoms with Crippen molar-refractivity contribution >= 4 is 11.8 Å². The number of hydrogen-bond acceptors (Lipinski definition) is 4. The van der Waals surface area contributed by atoms with E-state index in [-0.39, 0.29) is 18.4 Å². The van der Waals surface area contributed by atoms with Gasteiger partial charge in [-0.3, -0.25) is 14.3 Å². The minimum Gasteiger partial charge on any atom is -0.493 e. The van der Waals surface area contributed by atoms with Crippen LogP contribution in [0.15, 0.2) is 36.7 Å². The van der Waals surface area contributed by atoms with Gasteiger partial charge in [0.15, 0.2) is 0 Å². The van der Waals surface area contributed by atoms with Crippen LogP contribution in [0.1, 0.15) is 22.8 Å². The van der Waals surface area contributed by atoms with Crippen LogP contribution >= 0.6 is 0 Å². The normalized spacial score (nSPS) is 10.3.